The van der Waals surface area contributed by atoms with Crippen LogP contribution in [-0.2, 0) is 9.59 Å². The maximum absolute atomic E-state index is 12.2. The monoisotopic (exact) mass is 257 g/mol. The summed E-state index contributed by atoms with van der Waals surface area (Å²) in [4.78, 5) is 22.9. The van der Waals surface area contributed by atoms with Gasteiger partial charge in [-0.2, -0.15) is 0 Å². The lowest BCUT2D eigenvalue weighted by Crippen LogP contribution is -2.47. The largest absolute Gasteiger partial charge is 0.481 e. The number of rotatable bonds is 5. The molecule has 1 saturated heterocycles. The Morgan fingerprint density at radius 2 is 2.24 bits per heavy atom. The number of thioether (sulfide) groups is 1. The van der Waals surface area contributed by atoms with Crippen LogP contribution in [0, 0.1) is 5.92 Å². The van der Waals surface area contributed by atoms with Crippen LogP contribution in [0.3, 0.4) is 0 Å². The van der Waals surface area contributed by atoms with Crippen molar-refractivity contribution in [2.75, 3.05) is 5.75 Å². The van der Waals surface area contributed by atoms with Crippen LogP contribution in [0.15, 0.2) is 0 Å². The van der Waals surface area contributed by atoms with Crippen LogP contribution in [0.5, 0.6) is 0 Å². The number of carbonyl (C=O) groups excluding carboxylic acids is 1. The predicted octanol–water partition coefficient (Wildman–Crippen LogP) is 1.64. The topological polar surface area (TPSA) is 66.4 Å². The fourth-order valence-corrected chi connectivity index (χ4v) is 3.52. The van der Waals surface area contributed by atoms with Crippen molar-refractivity contribution in [3.05, 3.63) is 0 Å². The third-order valence-electron chi connectivity index (χ3n) is 3.60. The van der Waals surface area contributed by atoms with Gasteiger partial charge in [0.15, 0.2) is 0 Å². The molecule has 4 nitrogen and oxygen atoms in total. The van der Waals surface area contributed by atoms with E-state index in [2.05, 4.69) is 5.32 Å². The van der Waals surface area contributed by atoms with Crippen molar-refractivity contribution >= 4 is 23.6 Å². The number of amides is 1. The molecule has 1 amide bonds. The third-order valence-corrected chi connectivity index (χ3v) is 5.12. The normalized spacial score (nSPS) is 29.9. The zero-order valence-corrected chi connectivity index (χ0v) is 10.9. The van der Waals surface area contributed by atoms with E-state index in [9.17, 15) is 9.59 Å². The lowest BCUT2D eigenvalue weighted by Gasteiger charge is -2.25. The standard InChI is InChI=1S/C12H19NO3S/c1-12(5-2-6-17-12)11(16)13-9(7-10(14)15)8-3-4-8/h8-9H,2-7H2,1H3,(H,13,16)(H,14,15). The second kappa shape index (κ2) is 4.88. The first-order chi connectivity index (χ1) is 8.01. The van der Waals surface area contributed by atoms with Crippen LogP contribution in [0.25, 0.3) is 0 Å². The van der Waals surface area contributed by atoms with Crippen molar-refractivity contribution in [2.45, 2.75) is 49.8 Å². The Balaban J connectivity index is 1.92. The number of aliphatic carboxylic acids is 1. The summed E-state index contributed by atoms with van der Waals surface area (Å²) in [6.45, 7) is 1.96. The highest BCUT2D eigenvalue weighted by Crippen LogP contribution is 2.39. The zero-order valence-electron chi connectivity index (χ0n) is 10.1. The molecule has 1 saturated carbocycles. The van der Waals surface area contributed by atoms with Crippen molar-refractivity contribution in [2.24, 2.45) is 5.92 Å². The molecule has 0 radical (unpaired) electrons. The van der Waals surface area contributed by atoms with Crippen LogP contribution in [0.4, 0.5) is 0 Å². The first kappa shape index (κ1) is 12.7. The summed E-state index contributed by atoms with van der Waals surface area (Å²) in [6, 6.07) is -0.168. The highest BCUT2D eigenvalue weighted by Gasteiger charge is 2.41. The Kier molecular flexibility index (Phi) is 3.66. The molecular weight excluding hydrogens is 238 g/mol. The highest BCUT2D eigenvalue weighted by molar-refractivity contribution is 8.01. The van der Waals surface area contributed by atoms with Crippen LogP contribution in [0.1, 0.15) is 39.0 Å². The molecule has 2 unspecified atom stereocenters. The summed E-state index contributed by atoms with van der Waals surface area (Å²) in [6.07, 6.45) is 4.11. The fourth-order valence-electron chi connectivity index (χ4n) is 2.30. The third kappa shape index (κ3) is 3.15. The second-order valence-corrected chi connectivity index (χ2v) is 6.80. The van der Waals surface area contributed by atoms with Crippen molar-refractivity contribution in [1.82, 2.24) is 5.32 Å². The van der Waals surface area contributed by atoms with Gasteiger partial charge >= 0.3 is 5.97 Å². The fraction of sp³-hybridized carbons (Fsp3) is 0.833. The molecule has 0 spiro atoms. The summed E-state index contributed by atoms with van der Waals surface area (Å²) in [5.74, 6) is 0.603. The van der Waals surface area contributed by atoms with Gasteiger partial charge in [0.1, 0.15) is 0 Å². The zero-order chi connectivity index (χ0) is 12.5. The molecule has 0 aromatic carbocycles. The Hall–Kier alpha value is -0.710. The van der Waals surface area contributed by atoms with Crippen molar-refractivity contribution in [3.8, 4) is 0 Å². The van der Waals surface area contributed by atoms with Crippen LogP contribution < -0.4 is 5.32 Å². The van der Waals surface area contributed by atoms with E-state index in [0.29, 0.717) is 5.92 Å². The molecule has 17 heavy (non-hydrogen) atoms. The Morgan fingerprint density at radius 1 is 1.53 bits per heavy atom. The molecule has 96 valence electrons. The Labute approximate surface area is 106 Å². The number of carboxylic acid groups (broad SMARTS) is 1. The minimum absolute atomic E-state index is 0.0261. The average molecular weight is 257 g/mol. The van der Waals surface area contributed by atoms with Gasteiger partial charge in [0, 0.05) is 6.04 Å². The minimum Gasteiger partial charge on any atom is -0.481 e. The van der Waals surface area contributed by atoms with Crippen molar-refractivity contribution in [1.29, 1.82) is 0 Å². The molecule has 1 heterocycles. The van der Waals surface area contributed by atoms with E-state index < -0.39 is 5.97 Å². The number of hydrogen-bond donors (Lipinski definition) is 2. The maximum atomic E-state index is 12.2. The molecule has 2 fully saturated rings. The number of hydrogen-bond acceptors (Lipinski definition) is 3. The lowest BCUT2D eigenvalue weighted by molar-refractivity contribution is -0.138. The molecule has 0 aromatic heterocycles. The molecule has 1 aliphatic heterocycles. The smallest absolute Gasteiger partial charge is 0.305 e. The van der Waals surface area contributed by atoms with Gasteiger partial charge in [0.2, 0.25) is 5.91 Å². The van der Waals surface area contributed by atoms with E-state index in [1.807, 2.05) is 6.92 Å². The van der Waals surface area contributed by atoms with E-state index >= 15 is 0 Å². The number of carboxylic acids is 1. The van der Waals surface area contributed by atoms with E-state index in [-0.39, 0.29) is 23.1 Å². The van der Waals surface area contributed by atoms with Gasteiger partial charge in [-0.05, 0) is 44.3 Å². The van der Waals surface area contributed by atoms with Crippen molar-refractivity contribution in [3.63, 3.8) is 0 Å². The Bertz CT molecular complexity index is 322. The molecule has 2 N–H and O–H groups in total. The molecule has 1 aliphatic carbocycles. The van der Waals surface area contributed by atoms with Crippen LogP contribution >= 0.6 is 11.8 Å². The van der Waals surface area contributed by atoms with Gasteiger partial charge < -0.3 is 10.4 Å². The molecule has 2 rings (SSSR count). The van der Waals surface area contributed by atoms with E-state index in [4.69, 9.17) is 5.11 Å². The van der Waals surface area contributed by atoms with Gasteiger partial charge in [-0.15, -0.1) is 11.8 Å². The van der Waals surface area contributed by atoms with E-state index in [0.717, 1.165) is 31.4 Å². The van der Waals surface area contributed by atoms with Gasteiger partial charge in [0.25, 0.3) is 0 Å². The molecular formula is C12H19NO3S. The van der Waals surface area contributed by atoms with E-state index in [1.54, 1.807) is 11.8 Å². The van der Waals surface area contributed by atoms with Gasteiger partial charge in [-0.1, -0.05) is 0 Å². The lowest BCUT2D eigenvalue weighted by atomic mass is 10.0. The van der Waals surface area contributed by atoms with E-state index in [1.165, 1.54) is 0 Å². The summed E-state index contributed by atoms with van der Waals surface area (Å²) in [5.41, 5.74) is 0. The van der Waals surface area contributed by atoms with Gasteiger partial charge in [0.05, 0.1) is 11.2 Å². The summed E-state index contributed by atoms with van der Waals surface area (Å²) in [5, 5.41) is 11.8. The summed E-state index contributed by atoms with van der Waals surface area (Å²) in [7, 11) is 0. The second-order valence-electron chi connectivity index (χ2n) is 5.20. The van der Waals surface area contributed by atoms with Crippen LogP contribution in [-0.4, -0.2) is 33.5 Å². The minimum atomic E-state index is -0.827. The Morgan fingerprint density at radius 3 is 2.71 bits per heavy atom. The molecule has 2 atom stereocenters. The average Bonchev–Trinajstić information content (AvgIpc) is 3.00. The van der Waals surface area contributed by atoms with Crippen LogP contribution in [0.2, 0.25) is 0 Å². The molecule has 0 bridgehead atoms. The molecule has 0 aromatic rings. The maximum Gasteiger partial charge on any atom is 0.305 e. The first-order valence-electron chi connectivity index (χ1n) is 6.18. The highest BCUT2D eigenvalue weighted by atomic mass is 32.2. The van der Waals surface area contributed by atoms with Crippen molar-refractivity contribution < 1.29 is 14.7 Å². The molecule has 5 heteroatoms. The van der Waals surface area contributed by atoms with Gasteiger partial charge in [-0.25, -0.2) is 0 Å². The SMILES string of the molecule is CC1(C(=O)NC(CC(=O)O)C2CC2)CCCS1. The number of nitrogens with one attached hydrogen (secondary N) is 1. The predicted molar refractivity (Wildman–Crippen MR) is 67.0 cm³/mol. The summed E-state index contributed by atoms with van der Waals surface area (Å²) < 4.78 is -0.342. The molecule has 2 aliphatic rings. The van der Waals surface area contributed by atoms with Gasteiger partial charge in [-0.3, -0.25) is 9.59 Å². The summed E-state index contributed by atoms with van der Waals surface area (Å²) >= 11 is 1.69. The number of carbonyl (C=O) groups is 2. The quantitative estimate of drug-likeness (QED) is 0.786. The first-order valence-corrected chi connectivity index (χ1v) is 7.16.